The first-order valence-electron chi connectivity index (χ1n) is 6.56. The third-order valence-corrected chi connectivity index (χ3v) is 3.36. The van der Waals surface area contributed by atoms with Crippen LogP contribution >= 0.6 is 0 Å². The van der Waals surface area contributed by atoms with Crippen LogP contribution in [0.25, 0.3) is 0 Å². The van der Waals surface area contributed by atoms with Gasteiger partial charge in [-0.3, -0.25) is 15.0 Å². The van der Waals surface area contributed by atoms with Gasteiger partial charge >= 0.3 is 0 Å². The maximum atomic E-state index is 11.6. The maximum absolute atomic E-state index is 11.6. The van der Waals surface area contributed by atoms with Crippen molar-refractivity contribution in [1.29, 1.82) is 0 Å². The Morgan fingerprint density at radius 1 is 1.33 bits per heavy atom. The molecule has 0 saturated heterocycles. The van der Waals surface area contributed by atoms with Gasteiger partial charge in [-0.2, -0.15) is 5.06 Å². The topological polar surface area (TPSA) is 88.7 Å². The van der Waals surface area contributed by atoms with Crippen LogP contribution in [-0.4, -0.2) is 22.1 Å². The fourth-order valence-corrected chi connectivity index (χ4v) is 2.25. The minimum absolute atomic E-state index is 0.370. The van der Waals surface area contributed by atoms with Gasteiger partial charge < -0.3 is 10.5 Å². The largest absolute Gasteiger partial charge is 0.456 e. The Bertz CT molecular complexity index is 685. The zero-order chi connectivity index (χ0) is 15.0. The summed E-state index contributed by atoms with van der Waals surface area (Å²) in [7, 11) is 0. The molecule has 0 fully saturated rings. The van der Waals surface area contributed by atoms with Gasteiger partial charge in [-0.25, -0.2) is 0 Å². The van der Waals surface area contributed by atoms with Crippen LogP contribution < -0.4 is 15.5 Å². The number of aromatic nitrogens is 1. The Morgan fingerprint density at radius 2 is 2.10 bits per heavy atom. The number of pyridine rings is 1. The van der Waals surface area contributed by atoms with Gasteiger partial charge in [-0.05, 0) is 49.2 Å². The fourth-order valence-electron chi connectivity index (χ4n) is 2.25. The molecule has 1 aliphatic rings. The highest BCUT2D eigenvalue weighted by molar-refractivity contribution is 5.98. The molecule has 21 heavy (non-hydrogen) atoms. The molecule has 0 spiro atoms. The van der Waals surface area contributed by atoms with Gasteiger partial charge in [-0.15, -0.1) is 0 Å². The molecule has 1 atom stereocenters. The molecule has 1 aliphatic heterocycles. The quantitative estimate of drug-likeness (QED) is 0.821. The molecular formula is C15H15N3O3. The number of nitrogens with zero attached hydrogens (tertiary/aromatic N) is 2. The highest BCUT2D eigenvalue weighted by Gasteiger charge is 2.29. The van der Waals surface area contributed by atoms with Crippen molar-refractivity contribution in [2.24, 2.45) is 5.73 Å². The van der Waals surface area contributed by atoms with Gasteiger partial charge in [0.05, 0.1) is 17.9 Å². The number of nitrogens with two attached hydrogens (primary N) is 1. The number of carbonyl (C=O) groups is 1. The second-order valence-corrected chi connectivity index (χ2v) is 4.99. The van der Waals surface area contributed by atoms with Crippen LogP contribution in [0, 0.1) is 6.92 Å². The first-order valence-corrected chi connectivity index (χ1v) is 6.56. The van der Waals surface area contributed by atoms with Crippen molar-refractivity contribution in [2.75, 3.05) is 5.06 Å². The van der Waals surface area contributed by atoms with E-state index in [-0.39, 0.29) is 0 Å². The molecule has 2 aromatic rings. The number of rotatable bonds is 2. The summed E-state index contributed by atoms with van der Waals surface area (Å²) in [6.07, 6.45) is 2.01. The Hall–Kier alpha value is -2.44. The lowest BCUT2D eigenvalue weighted by Gasteiger charge is -2.27. The highest BCUT2D eigenvalue weighted by atomic mass is 16.5. The number of fused-ring (bicyclic) bond motifs is 1. The van der Waals surface area contributed by atoms with Crippen molar-refractivity contribution < 1.29 is 14.7 Å². The van der Waals surface area contributed by atoms with E-state index >= 15 is 0 Å². The number of hydrogen-bond donors (Lipinski definition) is 2. The van der Waals surface area contributed by atoms with E-state index in [1.54, 1.807) is 24.4 Å². The lowest BCUT2D eigenvalue weighted by Crippen LogP contribution is -2.47. The summed E-state index contributed by atoms with van der Waals surface area (Å²) in [5, 5.41) is 10.4. The molecule has 2 heterocycles. The van der Waals surface area contributed by atoms with Crippen molar-refractivity contribution in [3.63, 3.8) is 0 Å². The number of amides is 1. The number of hydroxylamine groups is 1. The number of benzene rings is 1. The zero-order valence-electron chi connectivity index (χ0n) is 11.5. The van der Waals surface area contributed by atoms with E-state index in [2.05, 4.69) is 4.98 Å². The number of hydrogen-bond acceptors (Lipinski definition) is 5. The molecule has 3 N–H and O–H groups in total. The minimum atomic E-state index is -0.737. The molecule has 1 aromatic heterocycles. The molecular weight excluding hydrogens is 270 g/mol. The van der Waals surface area contributed by atoms with Crippen LogP contribution in [0.1, 0.15) is 11.3 Å². The van der Waals surface area contributed by atoms with Crippen molar-refractivity contribution in [3.05, 3.63) is 47.8 Å². The smallest absolute Gasteiger partial charge is 0.267 e. The van der Waals surface area contributed by atoms with Gasteiger partial charge in [0.1, 0.15) is 11.5 Å². The summed E-state index contributed by atoms with van der Waals surface area (Å²) < 4.78 is 5.71. The Labute approximate surface area is 121 Å². The van der Waals surface area contributed by atoms with E-state index in [0.29, 0.717) is 28.7 Å². The Morgan fingerprint density at radius 3 is 2.81 bits per heavy atom. The normalized spacial score (nSPS) is 17.6. The van der Waals surface area contributed by atoms with Gasteiger partial charge in [0.25, 0.3) is 5.91 Å². The molecule has 108 valence electrons. The molecule has 0 saturated carbocycles. The second-order valence-electron chi connectivity index (χ2n) is 4.99. The molecule has 0 bridgehead atoms. The summed E-state index contributed by atoms with van der Waals surface area (Å²) in [6.45, 7) is 1.90. The molecule has 3 rings (SSSR count). The summed E-state index contributed by atoms with van der Waals surface area (Å²) >= 11 is 0. The van der Waals surface area contributed by atoms with Crippen LogP contribution in [0.5, 0.6) is 11.5 Å². The predicted molar refractivity (Wildman–Crippen MR) is 76.4 cm³/mol. The lowest BCUT2D eigenvalue weighted by atomic mass is 9.99. The standard InChI is InChI=1S/C15H15N3O3/c1-9-2-3-12(8-17-9)21-11-4-5-14-10(6-11)7-13(16)15(19)18(14)20/h2-6,8,13,20H,7,16H2,1H3. The van der Waals surface area contributed by atoms with Crippen LogP contribution in [0.3, 0.4) is 0 Å². The summed E-state index contributed by atoms with van der Waals surface area (Å²) in [5.74, 6) is 0.728. The second kappa shape index (κ2) is 5.16. The van der Waals surface area contributed by atoms with Crippen molar-refractivity contribution in [3.8, 4) is 11.5 Å². The summed E-state index contributed by atoms with van der Waals surface area (Å²) in [6, 6.07) is 8.04. The maximum Gasteiger partial charge on any atom is 0.267 e. The molecule has 1 amide bonds. The van der Waals surface area contributed by atoms with E-state index < -0.39 is 11.9 Å². The third-order valence-electron chi connectivity index (χ3n) is 3.36. The third kappa shape index (κ3) is 2.58. The molecule has 6 nitrogen and oxygen atoms in total. The molecule has 0 aliphatic carbocycles. The van der Waals surface area contributed by atoms with Gasteiger partial charge in [0.2, 0.25) is 0 Å². The van der Waals surface area contributed by atoms with E-state index in [4.69, 9.17) is 10.5 Å². The SMILES string of the molecule is Cc1ccc(Oc2ccc3c(c2)CC(N)C(=O)N3O)cn1. The van der Waals surface area contributed by atoms with E-state index in [9.17, 15) is 10.0 Å². The Kier molecular flexibility index (Phi) is 3.32. The molecule has 1 aromatic carbocycles. The predicted octanol–water partition coefficient (Wildman–Crippen LogP) is 1.79. The molecule has 0 radical (unpaired) electrons. The molecule has 1 unspecified atom stereocenters. The molecule has 6 heteroatoms. The number of aryl methyl sites for hydroxylation is 1. The minimum Gasteiger partial charge on any atom is -0.456 e. The summed E-state index contributed by atoms with van der Waals surface area (Å²) in [4.78, 5) is 15.8. The van der Waals surface area contributed by atoms with Gasteiger partial charge in [-0.1, -0.05) is 0 Å². The van der Waals surface area contributed by atoms with Crippen molar-refractivity contribution >= 4 is 11.6 Å². The van der Waals surface area contributed by atoms with Gasteiger partial charge in [0, 0.05) is 5.69 Å². The summed E-state index contributed by atoms with van der Waals surface area (Å²) in [5.41, 5.74) is 7.82. The highest BCUT2D eigenvalue weighted by Crippen LogP contribution is 2.31. The average molecular weight is 285 g/mol. The van der Waals surface area contributed by atoms with E-state index in [1.165, 1.54) is 0 Å². The number of ether oxygens (including phenoxy) is 1. The van der Waals surface area contributed by atoms with Crippen molar-refractivity contribution in [1.82, 2.24) is 4.98 Å². The van der Waals surface area contributed by atoms with E-state index in [1.807, 2.05) is 19.1 Å². The van der Waals surface area contributed by atoms with Crippen molar-refractivity contribution in [2.45, 2.75) is 19.4 Å². The zero-order valence-corrected chi connectivity index (χ0v) is 11.5. The monoisotopic (exact) mass is 285 g/mol. The average Bonchev–Trinajstić information content (AvgIpc) is 2.47. The first kappa shape index (κ1) is 13.5. The van der Waals surface area contributed by atoms with Crippen LogP contribution in [0.2, 0.25) is 0 Å². The van der Waals surface area contributed by atoms with Gasteiger partial charge in [0.15, 0.2) is 0 Å². The number of anilines is 1. The van der Waals surface area contributed by atoms with Crippen LogP contribution in [-0.2, 0) is 11.2 Å². The number of carbonyl (C=O) groups excluding carboxylic acids is 1. The fraction of sp³-hybridized carbons (Fsp3) is 0.200. The Balaban J connectivity index is 1.88. The lowest BCUT2D eigenvalue weighted by molar-refractivity contribution is -0.125. The first-order chi connectivity index (χ1) is 10.0. The van der Waals surface area contributed by atoms with E-state index in [0.717, 1.165) is 11.3 Å². The van der Waals surface area contributed by atoms with Crippen LogP contribution in [0.4, 0.5) is 5.69 Å². The van der Waals surface area contributed by atoms with Crippen LogP contribution in [0.15, 0.2) is 36.5 Å².